The van der Waals surface area contributed by atoms with E-state index in [1.807, 2.05) is 51.0 Å². The van der Waals surface area contributed by atoms with Crippen LogP contribution in [0.2, 0.25) is 0 Å². The minimum Gasteiger partial charge on any atom is -0.492 e. The summed E-state index contributed by atoms with van der Waals surface area (Å²) in [7, 11) is -0.383. The van der Waals surface area contributed by atoms with Crippen molar-refractivity contribution in [1.82, 2.24) is 4.72 Å². The van der Waals surface area contributed by atoms with E-state index in [9.17, 15) is 13.2 Å². The number of rotatable bonds is 8. The van der Waals surface area contributed by atoms with E-state index in [0.29, 0.717) is 17.6 Å². The second kappa shape index (κ2) is 9.01. The largest absolute Gasteiger partial charge is 0.492 e. The number of sulfonamides is 1. The van der Waals surface area contributed by atoms with Gasteiger partial charge in [-0.2, -0.15) is 0 Å². The van der Waals surface area contributed by atoms with E-state index in [-0.39, 0.29) is 22.3 Å². The Morgan fingerprint density at radius 2 is 1.87 bits per heavy atom. The number of benzene rings is 2. The van der Waals surface area contributed by atoms with Crippen LogP contribution in [0.4, 0.5) is 5.69 Å². The molecule has 0 saturated carbocycles. The SMILES string of the molecule is CCOc1ccc([C@@H](C)CC)cc1S(=O)(=O)NC(=O)c1cc2ccc(N(C)C)cc2o1. The molecular weight excluding hydrogens is 416 g/mol. The van der Waals surface area contributed by atoms with Crippen LogP contribution >= 0.6 is 0 Å². The highest BCUT2D eigenvalue weighted by molar-refractivity contribution is 7.90. The third-order valence-corrected chi connectivity index (χ3v) is 6.56. The normalized spacial score (nSPS) is 12.5. The number of nitrogens with one attached hydrogen (secondary N) is 1. The average Bonchev–Trinajstić information content (AvgIpc) is 3.17. The Bertz CT molecular complexity index is 1200. The molecule has 1 amide bonds. The lowest BCUT2D eigenvalue weighted by atomic mass is 9.99. The molecule has 3 aromatic rings. The molecule has 0 aliphatic carbocycles. The number of carbonyl (C=O) groups excluding carboxylic acids is 1. The van der Waals surface area contributed by atoms with Gasteiger partial charge in [-0.25, -0.2) is 13.1 Å². The Hall–Kier alpha value is -3.00. The van der Waals surface area contributed by atoms with Gasteiger partial charge in [-0.1, -0.05) is 19.9 Å². The molecule has 0 bridgehead atoms. The number of furan rings is 1. The summed E-state index contributed by atoms with van der Waals surface area (Å²) in [6.07, 6.45) is 0.855. The summed E-state index contributed by atoms with van der Waals surface area (Å²) >= 11 is 0. The van der Waals surface area contributed by atoms with Gasteiger partial charge >= 0.3 is 5.91 Å². The zero-order valence-electron chi connectivity index (χ0n) is 18.4. The quantitative estimate of drug-likeness (QED) is 0.549. The fraction of sp³-hybridized carbons (Fsp3) is 0.348. The highest BCUT2D eigenvalue weighted by Crippen LogP contribution is 2.30. The van der Waals surface area contributed by atoms with Crippen LogP contribution in [-0.2, 0) is 10.0 Å². The van der Waals surface area contributed by atoms with E-state index in [4.69, 9.17) is 9.15 Å². The van der Waals surface area contributed by atoms with E-state index in [0.717, 1.165) is 17.7 Å². The predicted octanol–water partition coefficient (Wildman–Crippen LogP) is 4.53. The van der Waals surface area contributed by atoms with Gasteiger partial charge in [-0.15, -0.1) is 0 Å². The Morgan fingerprint density at radius 1 is 1.13 bits per heavy atom. The fourth-order valence-electron chi connectivity index (χ4n) is 3.19. The number of hydrogen-bond donors (Lipinski definition) is 1. The summed E-state index contributed by atoms with van der Waals surface area (Å²) in [4.78, 5) is 14.6. The van der Waals surface area contributed by atoms with E-state index >= 15 is 0 Å². The topological polar surface area (TPSA) is 88.8 Å². The Kier molecular flexibility index (Phi) is 6.59. The highest BCUT2D eigenvalue weighted by atomic mass is 32.2. The van der Waals surface area contributed by atoms with E-state index in [1.165, 1.54) is 6.07 Å². The average molecular weight is 445 g/mol. The first-order chi connectivity index (χ1) is 14.7. The molecule has 1 heterocycles. The Balaban J connectivity index is 1.94. The third kappa shape index (κ3) is 4.85. The molecule has 0 radical (unpaired) electrons. The molecule has 1 aromatic heterocycles. The first kappa shape index (κ1) is 22.7. The second-order valence-electron chi connectivity index (χ2n) is 7.61. The number of hydrogen-bond acceptors (Lipinski definition) is 6. The molecule has 0 fully saturated rings. The minimum atomic E-state index is -4.18. The third-order valence-electron chi connectivity index (χ3n) is 5.21. The molecule has 1 atom stereocenters. The van der Waals surface area contributed by atoms with Gasteiger partial charge < -0.3 is 14.1 Å². The molecule has 7 nitrogen and oxygen atoms in total. The smallest absolute Gasteiger partial charge is 0.300 e. The molecule has 2 aromatic carbocycles. The standard InChI is InChI=1S/C23H28N2O5S/c1-6-15(3)16-9-11-19(29-7-2)22(13-16)31(27,28)24-23(26)21-12-17-8-10-18(25(4)5)14-20(17)30-21/h8-15H,6-7H2,1-5H3,(H,24,26)/t15-/m0/s1. The van der Waals surface area contributed by atoms with Gasteiger partial charge in [0.25, 0.3) is 10.0 Å². The van der Waals surface area contributed by atoms with E-state index < -0.39 is 15.9 Å². The molecular formula is C23H28N2O5S. The zero-order valence-corrected chi connectivity index (χ0v) is 19.2. The summed E-state index contributed by atoms with van der Waals surface area (Å²) in [5.74, 6) is -0.541. The molecule has 0 saturated heterocycles. The van der Waals surface area contributed by atoms with Crippen molar-refractivity contribution in [2.24, 2.45) is 0 Å². The van der Waals surface area contributed by atoms with Gasteiger partial charge in [-0.3, -0.25) is 4.79 Å². The predicted molar refractivity (Wildman–Crippen MR) is 122 cm³/mol. The maximum absolute atomic E-state index is 13.1. The number of anilines is 1. The summed E-state index contributed by atoms with van der Waals surface area (Å²) in [5.41, 5.74) is 2.27. The molecule has 1 N–H and O–H groups in total. The van der Waals surface area contributed by atoms with Gasteiger partial charge in [0.2, 0.25) is 0 Å². The monoisotopic (exact) mass is 444 g/mol. The first-order valence-electron chi connectivity index (χ1n) is 10.2. The lowest BCUT2D eigenvalue weighted by Crippen LogP contribution is -2.30. The van der Waals surface area contributed by atoms with Crippen molar-refractivity contribution in [2.45, 2.75) is 38.0 Å². The molecule has 0 unspecified atom stereocenters. The van der Waals surface area contributed by atoms with E-state index in [2.05, 4.69) is 4.72 Å². The summed E-state index contributed by atoms with van der Waals surface area (Å²) < 4.78 is 39.4. The van der Waals surface area contributed by atoms with Crippen LogP contribution in [0.1, 0.15) is 49.2 Å². The van der Waals surface area contributed by atoms with Crippen LogP contribution in [0.3, 0.4) is 0 Å². The van der Waals surface area contributed by atoms with Crippen LogP contribution in [0, 0.1) is 0 Å². The number of fused-ring (bicyclic) bond motifs is 1. The molecule has 31 heavy (non-hydrogen) atoms. The summed E-state index contributed by atoms with van der Waals surface area (Å²) in [6.45, 7) is 6.12. The lowest BCUT2D eigenvalue weighted by Gasteiger charge is -2.15. The van der Waals surface area contributed by atoms with Crippen molar-refractivity contribution in [3.63, 3.8) is 0 Å². The molecule has 0 aliphatic rings. The number of nitrogens with zero attached hydrogens (tertiary/aromatic N) is 1. The van der Waals surface area contributed by atoms with Crippen molar-refractivity contribution in [1.29, 1.82) is 0 Å². The molecule has 8 heteroatoms. The van der Waals surface area contributed by atoms with Crippen LogP contribution in [-0.4, -0.2) is 35.0 Å². The van der Waals surface area contributed by atoms with Crippen molar-refractivity contribution >= 4 is 32.6 Å². The molecule has 3 rings (SSSR count). The van der Waals surface area contributed by atoms with E-state index in [1.54, 1.807) is 25.1 Å². The summed E-state index contributed by atoms with van der Waals surface area (Å²) in [6, 6.07) is 12.1. The first-order valence-corrected chi connectivity index (χ1v) is 11.7. The zero-order chi connectivity index (χ0) is 22.8. The molecule has 0 spiro atoms. The molecule has 166 valence electrons. The maximum atomic E-state index is 13.1. The van der Waals surface area contributed by atoms with Gasteiger partial charge in [0.1, 0.15) is 16.2 Å². The van der Waals surface area contributed by atoms with Gasteiger partial charge in [-0.05, 0) is 55.2 Å². The van der Waals surface area contributed by atoms with Gasteiger partial charge in [0.15, 0.2) is 5.76 Å². The molecule has 0 aliphatic heterocycles. The Morgan fingerprint density at radius 3 is 2.52 bits per heavy atom. The number of carbonyl (C=O) groups is 1. The van der Waals surface area contributed by atoms with Crippen LogP contribution in [0.25, 0.3) is 11.0 Å². The number of ether oxygens (including phenoxy) is 1. The van der Waals surface area contributed by atoms with Crippen LogP contribution in [0.5, 0.6) is 5.75 Å². The summed E-state index contributed by atoms with van der Waals surface area (Å²) in [5, 5.41) is 0.710. The van der Waals surface area contributed by atoms with Gasteiger partial charge in [0.05, 0.1) is 6.61 Å². The van der Waals surface area contributed by atoms with Crippen molar-refractivity contribution in [3.05, 3.63) is 53.8 Å². The second-order valence-corrected chi connectivity index (χ2v) is 9.26. The van der Waals surface area contributed by atoms with Crippen molar-refractivity contribution < 1.29 is 22.4 Å². The Labute approximate surface area is 183 Å². The lowest BCUT2D eigenvalue weighted by molar-refractivity contribution is 0.0956. The van der Waals surface area contributed by atoms with Crippen LogP contribution < -0.4 is 14.4 Å². The van der Waals surface area contributed by atoms with Gasteiger partial charge in [0, 0.05) is 31.2 Å². The van der Waals surface area contributed by atoms with Crippen LogP contribution in [0.15, 0.2) is 51.8 Å². The highest BCUT2D eigenvalue weighted by Gasteiger charge is 2.26. The maximum Gasteiger partial charge on any atom is 0.300 e. The fourth-order valence-corrected chi connectivity index (χ4v) is 4.33. The number of amides is 1. The van der Waals surface area contributed by atoms with Crippen molar-refractivity contribution in [2.75, 3.05) is 25.6 Å². The minimum absolute atomic E-state index is 0.0634. The van der Waals surface area contributed by atoms with Crippen molar-refractivity contribution in [3.8, 4) is 5.75 Å².